The summed E-state index contributed by atoms with van der Waals surface area (Å²) in [6.07, 6.45) is 1.61. The van der Waals surface area contributed by atoms with Crippen molar-refractivity contribution in [2.24, 2.45) is 4.99 Å². The molecule has 0 spiro atoms. The summed E-state index contributed by atoms with van der Waals surface area (Å²) in [4.78, 5) is 18.4. The van der Waals surface area contributed by atoms with E-state index < -0.39 is 0 Å². The lowest BCUT2D eigenvalue weighted by atomic mass is 10.1. The van der Waals surface area contributed by atoms with Gasteiger partial charge in [-0.3, -0.25) is 4.79 Å². The van der Waals surface area contributed by atoms with Gasteiger partial charge in [0.1, 0.15) is 0 Å². The van der Waals surface area contributed by atoms with E-state index in [4.69, 9.17) is 0 Å². The van der Waals surface area contributed by atoms with Crippen LogP contribution in [0.1, 0.15) is 36.5 Å². The van der Waals surface area contributed by atoms with Gasteiger partial charge in [0.15, 0.2) is 5.96 Å². The number of amides is 1. The number of hydrogen-bond donors (Lipinski definition) is 2. The number of carbonyl (C=O) groups is 1. The number of hydrogen-bond acceptors (Lipinski definition) is 2. The molecule has 1 amide bonds. The molecule has 1 aliphatic rings. The van der Waals surface area contributed by atoms with Gasteiger partial charge >= 0.3 is 0 Å². The van der Waals surface area contributed by atoms with Crippen LogP contribution in [-0.2, 0) is 17.9 Å². The first-order valence-electron chi connectivity index (χ1n) is 9.63. The number of rotatable bonds is 6. The fourth-order valence-corrected chi connectivity index (χ4v) is 3.20. The predicted molar refractivity (Wildman–Crippen MR) is 111 cm³/mol. The zero-order chi connectivity index (χ0) is 19.1. The van der Waals surface area contributed by atoms with Gasteiger partial charge in [-0.05, 0) is 49.1 Å². The highest BCUT2D eigenvalue weighted by atomic mass is 16.2. The standard InChI is InChI=1S/C22H28N4O/c1-3-23-22(25-16-19-8-5-4-7-17(19)2)24-15-18-10-12-20(13-11-18)26-14-6-9-21(26)27/h4-5,7-8,10-13H,3,6,9,14-16H2,1-2H3,(H2,23,24,25). The van der Waals surface area contributed by atoms with Crippen LogP contribution >= 0.6 is 0 Å². The van der Waals surface area contributed by atoms with Crippen molar-refractivity contribution >= 4 is 17.6 Å². The van der Waals surface area contributed by atoms with Crippen LogP contribution in [-0.4, -0.2) is 25.0 Å². The molecule has 0 aliphatic carbocycles. The number of aryl methyl sites for hydroxylation is 1. The second-order valence-corrected chi connectivity index (χ2v) is 6.79. The van der Waals surface area contributed by atoms with Crippen LogP contribution in [0.25, 0.3) is 0 Å². The zero-order valence-electron chi connectivity index (χ0n) is 16.2. The summed E-state index contributed by atoms with van der Waals surface area (Å²) in [5.41, 5.74) is 4.64. The number of anilines is 1. The Hall–Kier alpha value is -2.82. The number of nitrogens with zero attached hydrogens (tertiary/aromatic N) is 2. The summed E-state index contributed by atoms with van der Waals surface area (Å²) in [7, 11) is 0. The molecule has 5 heteroatoms. The van der Waals surface area contributed by atoms with Crippen LogP contribution < -0.4 is 15.5 Å². The SMILES string of the molecule is CCNC(=NCc1ccc(N2CCCC2=O)cc1)NCc1ccccc1C. The first-order chi connectivity index (χ1) is 13.2. The van der Waals surface area contributed by atoms with Crippen molar-refractivity contribution in [3.8, 4) is 0 Å². The van der Waals surface area contributed by atoms with Crippen LogP contribution in [0.15, 0.2) is 53.5 Å². The highest BCUT2D eigenvalue weighted by Gasteiger charge is 2.21. The number of carbonyl (C=O) groups excluding carboxylic acids is 1. The van der Waals surface area contributed by atoms with Crippen molar-refractivity contribution in [1.29, 1.82) is 0 Å². The molecule has 0 unspecified atom stereocenters. The lowest BCUT2D eigenvalue weighted by Gasteiger charge is -2.16. The third-order valence-electron chi connectivity index (χ3n) is 4.79. The first-order valence-corrected chi connectivity index (χ1v) is 9.63. The van der Waals surface area contributed by atoms with Crippen LogP contribution in [0.5, 0.6) is 0 Å². The molecule has 0 atom stereocenters. The van der Waals surface area contributed by atoms with E-state index >= 15 is 0 Å². The van der Waals surface area contributed by atoms with Crippen LogP contribution in [0.2, 0.25) is 0 Å². The molecular formula is C22H28N4O. The molecule has 1 heterocycles. The highest BCUT2D eigenvalue weighted by molar-refractivity contribution is 5.95. The van der Waals surface area contributed by atoms with Gasteiger partial charge in [-0.15, -0.1) is 0 Å². The molecule has 5 nitrogen and oxygen atoms in total. The van der Waals surface area contributed by atoms with Crippen molar-refractivity contribution in [3.05, 3.63) is 65.2 Å². The number of aliphatic imine (C=N–C) groups is 1. The van der Waals surface area contributed by atoms with Crippen LogP contribution in [0.4, 0.5) is 5.69 Å². The Kier molecular flexibility index (Phi) is 6.47. The minimum Gasteiger partial charge on any atom is -0.357 e. The monoisotopic (exact) mass is 364 g/mol. The van der Waals surface area contributed by atoms with Crippen molar-refractivity contribution in [2.45, 2.75) is 39.8 Å². The molecule has 2 aromatic rings. The average Bonchev–Trinajstić information content (AvgIpc) is 3.11. The van der Waals surface area contributed by atoms with Crippen molar-refractivity contribution < 1.29 is 4.79 Å². The lowest BCUT2D eigenvalue weighted by molar-refractivity contribution is -0.117. The maximum absolute atomic E-state index is 11.8. The van der Waals surface area contributed by atoms with E-state index in [1.807, 2.05) is 17.0 Å². The zero-order valence-corrected chi connectivity index (χ0v) is 16.2. The molecule has 2 N–H and O–H groups in total. The summed E-state index contributed by atoms with van der Waals surface area (Å²) in [6.45, 7) is 7.16. The molecule has 0 bridgehead atoms. The van der Waals surface area contributed by atoms with Gasteiger partial charge in [0.25, 0.3) is 0 Å². The maximum atomic E-state index is 11.8. The molecule has 27 heavy (non-hydrogen) atoms. The van der Waals surface area contributed by atoms with Crippen LogP contribution in [0, 0.1) is 6.92 Å². The summed E-state index contributed by atoms with van der Waals surface area (Å²) in [6, 6.07) is 16.5. The smallest absolute Gasteiger partial charge is 0.227 e. The van der Waals surface area contributed by atoms with Gasteiger partial charge in [-0.25, -0.2) is 4.99 Å². The van der Waals surface area contributed by atoms with Crippen molar-refractivity contribution in [1.82, 2.24) is 10.6 Å². The summed E-state index contributed by atoms with van der Waals surface area (Å²) < 4.78 is 0. The minimum atomic E-state index is 0.218. The van der Waals surface area contributed by atoms with E-state index in [1.54, 1.807) is 0 Å². The van der Waals surface area contributed by atoms with Gasteiger partial charge in [0, 0.05) is 31.7 Å². The van der Waals surface area contributed by atoms with E-state index in [-0.39, 0.29) is 5.91 Å². The first kappa shape index (κ1) is 19.0. The topological polar surface area (TPSA) is 56.7 Å². The van der Waals surface area contributed by atoms with Gasteiger partial charge in [0.2, 0.25) is 5.91 Å². The molecular weight excluding hydrogens is 336 g/mol. The molecule has 3 rings (SSSR count). The quantitative estimate of drug-likeness (QED) is 0.610. The fraction of sp³-hybridized carbons (Fsp3) is 0.364. The number of nitrogens with one attached hydrogen (secondary N) is 2. The van der Waals surface area contributed by atoms with Gasteiger partial charge < -0.3 is 15.5 Å². The van der Waals surface area contributed by atoms with E-state index in [0.29, 0.717) is 13.0 Å². The molecule has 0 radical (unpaired) electrons. The maximum Gasteiger partial charge on any atom is 0.227 e. The summed E-state index contributed by atoms with van der Waals surface area (Å²) in [5, 5.41) is 6.69. The van der Waals surface area contributed by atoms with Gasteiger partial charge in [0.05, 0.1) is 6.54 Å². The third-order valence-corrected chi connectivity index (χ3v) is 4.79. The normalized spacial score (nSPS) is 14.5. The Labute approximate surface area is 161 Å². The molecule has 1 saturated heterocycles. The molecule has 0 saturated carbocycles. The van der Waals surface area contributed by atoms with E-state index in [0.717, 1.165) is 43.3 Å². The number of guanidine groups is 1. The highest BCUT2D eigenvalue weighted by Crippen LogP contribution is 2.21. The van der Waals surface area contributed by atoms with Gasteiger partial charge in [-0.2, -0.15) is 0 Å². The Bertz CT molecular complexity index is 798. The number of benzene rings is 2. The lowest BCUT2D eigenvalue weighted by Crippen LogP contribution is -2.36. The molecule has 0 aromatic heterocycles. The Morgan fingerprint density at radius 2 is 1.89 bits per heavy atom. The van der Waals surface area contributed by atoms with E-state index in [9.17, 15) is 4.79 Å². The fourth-order valence-electron chi connectivity index (χ4n) is 3.20. The van der Waals surface area contributed by atoms with Gasteiger partial charge in [-0.1, -0.05) is 36.4 Å². The minimum absolute atomic E-state index is 0.218. The van der Waals surface area contributed by atoms with E-state index in [2.05, 4.69) is 65.9 Å². The second-order valence-electron chi connectivity index (χ2n) is 6.79. The average molecular weight is 364 g/mol. The Balaban J connectivity index is 1.60. The molecule has 1 aliphatic heterocycles. The molecule has 1 fully saturated rings. The summed E-state index contributed by atoms with van der Waals surface area (Å²) >= 11 is 0. The van der Waals surface area contributed by atoms with Crippen LogP contribution in [0.3, 0.4) is 0 Å². The van der Waals surface area contributed by atoms with E-state index in [1.165, 1.54) is 11.1 Å². The predicted octanol–water partition coefficient (Wildman–Crippen LogP) is 3.38. The Morgan fingerprint density at radius 1 is 1.11 bits per heavy atom. The second kappa shape index (κ2) is 9.21. The van der Waals surface area contributed by atoms with Crippen molar-refractivity contribution in [2.75, 3.05) is 18.0 Å². The third kappa shape index (κ3) is 5.09. The largest absolute Gasteiger partial charge is 0.357 e. The Morgan fingerprint density at radius 3 is 2.56 bits per heavy atom. The molecule has 142 valence electrons. The molecule has 2 aromatic carbocycles. The van der Waals surface area contributed by atoms with Crippen molar-refractivity contribution in [3.63, 3.8) is 0 Å². The summed E-state index contributed by atoms with van der Waals surface area (Å²) in [5.74, 6) is 1.02.